The summed E-state index contributed by atoms with van der Waals surface area (Å²) < 4.78 is 5.86. The van der Waals surface area contributed by atoms with Gasteiger partial charge in [-0.15, -0.1) is 0 Å². The second kappa shape index (κ2) is 7.82. The zero-order valence-corrected chi connectivity index (χ0v) is 14.6. The van der Waals surface area contributed by atoms with Crippen LogP contribution in [-0.2, 0) is 16.0 Å². The number of hydrogen-bond donors (Lipinski definition) is 2. The first-order valence-corrected chi connectivity index (χ1v) is 8.81. The number of aryl methyl sites for hydroxylation is 1. The van der Waals surface area contributed by atoms with E-state index in [4.69, 9.17) is 10.5 Å². The van der Waals surface area contributed by atoms with E-state index in [0.29, 0.717) is 12.8 Å². The highest BCUT2D eigenvalue weighted by atomic mass is 16.5. The van der Waals surface area contributed by atoms with Crippen LogP contribution in [0.15, 0.2) is 24.3 Å². The fourth-order valence-electron chi connectivity index (χ4n) is 3.86. The summed E-state index contributed by atoms with van der Waals surface area (Å²) in [7, 11) is 0. The normalized spacial score (nSPS) is 22.4. The van der Waals surface area contributed by atoms with Crippen LogP contribution in [0, 0.1) is 5.41 Å². The van der Waals surface area contributed by atoms with Crippen molar-refractivity contribution in [2.45, 2.75) is 65.0 Å². The van der Waals surface area contributed by atoms with Gasteiger partial charge in [-0.25, -0.2) is 0 Å². The Hall–Kier alpha value is -1.55. The molecule has 1 saturated carbocycles. The largest absolute Gasteiger partial charge is 0.399 e. The van der Waals surface area contributed by atoms with E-state index in [-0.39, 0.29) is 23.5 Å². The summed E-state index contributed by atoms with van der Waals surface area (Å²) in [5.41, 5.74) is 7.83. The van der Waals surface area contributed by atoms with Crippen LogP contribution >= 0.6 is 0 Å². The van der Waals surface area contributed by atoms with Crippen molar-refractivity contribution in [2.75, 3.05) is 12.3 Å². The molecule has 1 fully saturated rings. The Morgan fingerprint density at radius 2 is 2.00 bits per heavy atom. The van der Waals surface area contributed by atoms with Gasteiger partial charge in [0.25, 0.3) is 0 Å². The highest BCUT2D eigenvalue weighted by Gasteiger charge is 2.53. The third-order valence-electron chi connectivity index (χ3n) is 5.48. The van der Waals surface area contributed by atoms with Crippen LogP contribution in [0.2, 0.25) is 0 Å². The molecule has 1 amide bonds. The van der Waals surface area contributed by atoms with Gasteiger partial charge in [-0.1, -0.05) is 32.0 Å². The number of amides is 1. The van der Waals surface area contributed by atoms with Gasteiger partial charge in [0, 0.05) is 30.2 Å². The van der Waals surface area contributed by atoms with Crippen molar-refractivity contribution in [3.63, 3.8) is 0 Å². The summed E-state index contributed by atoms with van der Waals surface area (Å²) in [4.78, 5) is 12.3. The van der Waals surface area contributed by atoms with Crippen LogP contribution in [0.5, 0.6) is 0 Å². The number of rotatable bonds is 8. The molecule has 3 N–H and O–H groups in total. The number of nitrogen functional groups attached to an aromatic ring is 1. The number of carbonyl (C=O) groups excluding carboxylic acids is 1. The number of anilines is 1. The fourth-order valence-corrected chi connectivity index (χ4v) is 3.86. The summed E-state index contributed by atoms with van der Waals surface area (Å²) in [6, 6.07) is 7.97. The molecule has 1 aliphatic carbocycles. The predicted octanol–water partition coefficient (Wildman–Crippen LogP) is 3.30. The maximum absolute atomic E-state index is 12.3. The molecule has 2 atom stereocenters. The van der Waals surface area contributed by atoms with Crippen molar-refractivity contribution in [1.29, 1.82) is 0 Å². The van der Waals surface area contributed by atoms with Gasteiger partial charge in [0.2, 0.25) is 5.91 Å². The molecule has 0 heterocycles. The third-order valence-corrected chi connectivity index (χ3v) is 5.48. The molecule has 23 heavy (non-hydrogen) atoms. The smallest absolute Gasteiger partial charge is 0.220 e. The molecular weight excluding hydrogens is 288 g/mol. The van der Waals surface area contributed by atoms with Crippen LogP contribution in [0.4, 0.5) is 5.69 Å². The molecule has 2 rings (SSSR count). The minimum atomic E-state index is 0.0947. The monoisotopic (exact) mass is 318 g/mol. The Labute approximate surface area is 139 Å². The number of hydrogen-bond acceptors (Lipinski definition) is 3. The molecule has 0 radical (unpaired) electrons. The van der Waals surface area contributed by atoms with Gasteiger partial charge >= 0.3 is 0 Å². The third kappa shape index (κ3) is 3.69. The topological polar surface area (TPSA) is 64.3 Å². The molecular formula is C19H30N2O2. The van der Waals surface area contributed by atoms with Gasteiger partial charge in [0.15, 0.2) is 0 Å². The standard InChI is InChI=1S/C19H30N2O2/c1-4-19(5-2)16(13-17(19)23-6-3)21-18(22)12-11-14-9-7-8-10-15(14)20/h7-10,16-17H,4-6,11-13,20H2,1-3H3,(H,21,22). The van der Waals surface area contributed by atoms with Crippen LogP contribution < -0.4 is 11.1 Å². The molecule has 0 aromatic heterocycles. The van der Waals surface area contributed by atoms with Crippen molar-refractivity contribution in [3.8, 4) is 0 Å². The first-order valence-electron chi connectivity index (χ1n) is 8.81. The van der Waals surface area contributed by atoms with E-state index in [1.54, 1.807) is 0 Å². The van der Waals surface area contributed by atoms with Crippen LogP contribution in [0.25, 0.3) is 0 Å². The first kappa shape index (κ1) is 17.8. The molecule has 0 aliphatic heterocycles. The molecule has 128 valence electrons. The maximum Gasteiger partial charge on any atom is 0.220 e. The molecule has 4 nitrogen and oxygen atoms in total. The Bertz CT molecular complexity index is 526. The number of benzene rings is 1. The Morgan fingerprint density at radius 3 is 2.61 bits per heavy atom. The molecule has 0 spiro atoms. The average molecular weight is 318 g/mol. The number of ether oxygens (including phenoxy) is 1. The van der Waals surface area contributed by atoms with E-state index in [1.807, 2.05) is 31.2 Å². The lowest BCUT2D eigenvalue weighted by Crippen LogP contribution is -2.64. The fraction of sp³-hybridized carbons (Fsp3) is 0.632. The highest BCUT2D eigenvalue weighted by Crippen LogP contribution is 2.48. The zero-order valence-electron chi connectivity index (χ0n) is 14.6. The lowest BCUT2D eigenvalue weighted by atomic mass is 9.58. The van der Waals surface area contributed by atoms with Crippen LogP contribution in [0.3, 0.4) is 0 Å². The van der Waals surface area contributed by atoms with E-state index in [0.717, 1.165) is 37.1 Å². The first-order chi connectivity index (χ1) is 11.1. The lowest BCUT2D eigenvalue weighted by Gasteiger charge is -2.55. The predicted molar refractivity (Wildman–Crippen MR) is 94.2 cm³/mol. The van der Waals surface area contributed by atoms with Gasteiger partial charge in [-0.05, 0) is 44.2 Å². The molecule has 0 saturated heterocycles. The van der Waals surface area contributed by atoms with Crippen LogP contribution in [0.1, 0.15) is 52.0 Å². The van der Waals surface area contributed by atoms with E-state index < -0.39 is 0 Å². The van der Waals surface area contributed by atoms with Crippen molar-refractivity contribution < 1.29 is 9.53 Å². The average Bonchev–Trinajstić information content (AvgIpc) is 2.54. The van der Waals surface area contributed by atoms with E-state index in [9.17, 15) is 4.79 Å². The van der Waals surface area contributed by atoms with Crippen molar-refractivity contribution in [2.24, 2.45) is 5.41 Å². The van der Waals surface area contributed by atoms with E-state index >= 15 is 0 Å². The summed E-state index contributed by atoms with van der Waals surface area (Å²) >= 11 is 0. The molecule has 1 aromatic rings. The number of carbonyl (C=O) groups is 1. The molecule has 4 heteroatoms. The van der Waals surface area contributed by atoms with Crippen molar-refractivity contribution >= 4 is 11.6 Å². The Kier molecular flexibility index (Phi) is 6.05. The SMILES string of the molecule is CCOC1CC(NC(=O)CCc2ccccc2N)C1(CC)CC. The second-order valence-electron chi connectivity index (χ2n) is 6.44. The summed E-state index contributed by atoms with van der Waals surface area (Å²) in [5, 5.41) is 3.23. The summed E-state index contributed by atoms with van der Waals surface area (Å²) in [6.45, 7) is 7.16. The van der Waals surface area contributed by atoms with E-state index in [2.05, 4.69) is 19.2 Å². The quantitative estimate of drug-likeness (QED) is 0.723. The van der Waals surface area contributed by atoms with Gasteiger partial charge < -0.3 is 15.8 Å². The number of nitrogens with one attached hydrogen (secondary N) is 1. The minimum Gasteiger partial charge on any atom is -0.399 e. The Morgan fingerprint density at radius 1 is 1.30 bits per heavy atom. The van der Waals surface area contributed by atoms with Gasteiger partial charge in [-0.3, -0.25) is 4.79 Å². The summed E-state index contributed by atoms with van der Waals surface area (Å²) in [6.07, 6.45) is 4.43. The lowest BCUT2D eigenvalue weighted by molar-refractivity contribution is -0.148. The maximum atomic E-state index is 12.3. The number of para-hydroxylation sites is 1. The zero-order chi connectivity index (χ0) is 16.9. The molecule has 1 aliphatic rings. The van der Waals surface area contributed by atoms with Crippen LogP contribution in [-0.4, -0.2) is 24.7 Å². The molecule has 1 aromatic carbocycles. The van der Waals surface area contributed by atoms with Gasteiger partial charge in [-0.2, -0.15) is 0 Å². The van der Waals surface area contributed by atoms with Gasteiger partial charge in [0.05, 0.1) is 6.10 Å². The van der Waals surface area contributed by atoms with Gasteiger partial charge in [0.1, 0.15) is 0 Å². The summed E-state index contributed by atoms with van der Waals surface area (Å²) in [5.74, 6) is 0.111. The highest BCUT2D eigenvalue weighted by molar-refractivity contribution is 5.77. The molecule has 0 bridgehead atoms. The number of nitrogens with two attached hydrogens (primary N) is 1. The van der Waals surface area contributed by atoms with Crippen molar-refractivity contribution in [1.82, 2.24) is 5.32 Å². The van der Waals surface area contributed by atoms with E-state index in [1.165, 1.54) is 0 Å². The minimum absolute atomic E-state index is 0.0947. The Balaban J connectivity index is 1.89. The second-order valence-corrected chi connectivity index (χ2v) is 6.44. The van der Waals surface area contributed by atoms with Crippen molar-refractivity contribution in [3.05, 3.63) is 29.8 Å². The molecule has 2 unspecified atom stereocenters.